The van der Waals surface area contributed by atoms with Gasteiger partial charge < -0.3 is 9.47 Å². The molecule has 0 radical (unpaired) electrons. The zero-order chi connectivity index (χ0) is 15.2. The Morgan fingerprint density at radius 3 is 2.65 bits per heavy atom. The third-order valence-electron chi connectivity index (χ3n) is 4.84. The Labute approximate surface area is 154 Å². The van der Waals surface area contributed by atoms with E-state index < -0.39 is 0 Å². The van der Waals surface area contributed by atoms with Gasteiger partial charge in [0.15, 0.2) is 0 Å². The largest absolute Gasteiger partial charge is 0.379 e. The molecule has 0 spiro atoms. The molecule has 0 N–H and O–H groups in total. The third kappa shape index (κ3) is 5.43. The molecule has 2 fully saturated rings. The summed E-state index contributed by atoms with van der Waals surface area (Å²) in [7, 11) is 0. The molecular formula is C18H27BrClNO2. The van der Waals surface area contributed by atoms with Crippen molar-refractivity contribution in [1.29, 1.82) is 0 Å². The fraction of sp³-hybridized carbons (Fsp3) is 0.667. The van der Waals surface area contributed by atoms with Crippen LogP contribution in [0.3, 0.4) is 0 Å². The Morgan fingerprint density at radius 1 is 1.13 bits per heavy atom. The molecule has 0 aromatic heterocycles. The highest BCUT2D eigenvalue weighted by Gasteiger charge is 2.31. The van der Waals surface area contributed by atoms with E-state index in [4.69, 9.17) is 9.47 Å². The number of halogens is 2. The Balaban J connectivity index is 0.00000192. The minimum atomic E-state index is 0. The van der Waals surface area contributed by atoms with Crippen LogP contribution in [0.25, 0.3) is 0 Å². The maximum atomic E-state index is 6.30. The fourth-order valence-corrected chi connectivity index (χ4v) is 4.10. The number of morpholine rings is 1. The summed E-state index contributed by atoms with van der Waals surface area (Å²) in [5.74, 6) is 0. The highest BCUT2D eigenvalue weighted by molar-refractivity contribution is 9.10. The molecule has 0 bridgehead atoms. The van der Waals surface area contributed by atoms with E-state index in [-0.39, 0.29) is 12.4 Å². The van der Waals surface area contributed by atoms with Gasteiger partial charge in [0.2, 0.25) is 0 Å². The first-order valence-corrected chi connectivity index (χ1v) is 9.31. The van der Waals surface area contributed by atoms with Crippen LogP contribution < -0.4 is 0 Å². The first-order chi connectivity index (χ1) is 10.8. The van der Waals surface area contributed by atoms with Crippen LogP contribution in [-0.4, -0.2) is 50.0 Å². The van der Waals surface area contributed by atoms with Gasteiger partial charge in [0.1, 0.15) is 0 Å². The molecule has 1 aromatic rings. The summed E-state index contributed by atoms with van der Waals surface area (Å²) in [6.07, 6.45) is 6.51. The van der Waals surface area contributed by atoms with Crippen LogP contribution in [0.1, 0.15) is 31.2 Å². The van der Waals surface area contributed by atoms with E-state index in [0.717, 1.165) is 39.3 Å². The topological polar surface area (TPSA) is 21.7 Å². The fourth-order valence-electron chi connectivity index (χ4n) is 3.62. The van der Waals surface area contributed by atoms with Crippen molar-refractivity contribution >= 4 is 28.3 Å². The molecule has 1 aromatic carbocycles. The van der Waals surface area contributed by atoms with Gasteiger partial charge in [-0.05, 0) is 30.9 Å². The Bertz CT molecular complexity index is 468. The summed E-state index contributed by atoms with van der Waals surface area (Å²) in [6.45, 7) is 4.69. The predicted octanol–water partition coefficient (Wildman–Crippen LogP) is 4.07. The normalized spacial score (nSPS) is 25.8. The standard InChI is InChI=1S/C18H26BrNO2.ClH/c19-16-6-2-1-5-15(16)9-12-22-18-8-4-3-7-17(18)20-10-13-21-14-11-20;/h1-2,5-6,17-18H,3-4,7-14H2;1H. The second-order valence-corrected chi connectivity index (χ2v) is 7.11. The van der Waals surface area contributed by atoms with Crippen LogP contribution in [0.5, 0.6) is 0 Å². The number of hydrogen-bond acceptors (Lipinski definition) is 3. The molecule has 5 heteroatoms. The van der Waals surface area contributed by atoms with E-state index in [9.17, 15) is 0 Å². The summed E-state index contributed by atoms with van der Waals surface area (Å²) in [6, 6.07) is 9.03. The van der Waals surface area contributed by atoms with Crippen molar-refractivity contribution in [2.24, 2.45) is 0 Å². The molecule has 1 saturated carbocycles. The highest BCUT2D eigenvalue weighted by atomic mass is 79.9. The molecule has 0 amide bonds. The molecule has 23 heavy (non-hydrogen) atoms. The van der Waals surface area contributed by atoms with Gasteiger partial charge in [-0.15, -0.1) is 12.4 Å². The molecular weight excluding hydrogens is 378 g/mol. The number of nitrogens with zero attached hydrogens (tertiary/aromatic N) is 1. The summed E-state index contributed by atoms with van der Waals surface area (Å²) < 4.78 is 13.0. The van der Waals surface area contributed by atoms with Crippen LogP contribution in [0.4, 0.5) is 0 Å². The second-order valence-electron chi connectivity index (χ2n) is 6.25. The van der Waals surface area contributed by atoms with Crippen LogP contribution in [0.15, 0.2) is 28.7 Å². The van der Waals surface area contributed by atoms with Crippen molar-refractivity contribution in [2.45, 2.75) is 44.2 Å². The molecule has 1 aliphatic heterocycles. The average molecular weight is 405 g/mol. The van der Waals surface area contributed by atoms with E-state index in [0.29, 0.717) is 12.1 Å². The van der Waals surface area contributed by atoms with Crippen molar-refractivity contribution in [2.75, 3.05) is 32.9 Å². The van der Waals surface area contributed by atoms with E-state index in [1.807, 2.05) is 0 Å². The van der Waals surface area contributed by atoms with Crippen molar-refractivity contribution in [3.05, 3.63) is 34.3 Å². The van der Waals surface area contributed by atoms with Crippen LogP contribution in [0, 0.1) is 0 Å². The molecule has 1 saturated heterocycles. The maximum absolute atomic E-state index is 6.30. The molecule has 3 rings (SSSR count). The second kappa shape index (κ2) is 10.00. The first-order valence-electron chi connectivity index (χ1n) is 8.51. The number of ether oxygens (including phenoxy) is 2. The van der Waals surface area contributed by atoms with Crippen molar-refractivity contribution in [1.82, 2.24) is 4.90 Å². The minimum absolute atomic E-state index is 0. The smallest absolute Gasteiger partial charge is 0.0730 e. The van der Waals surface area contributed by atoms with Crippen LogP contribution in [-0.2, 0) is 15.9 Å². The quantitative estimate of drug-likeness (QED) is 0.738. The van der Waals surface area contributed by atoms with Crippen LogP contribution >= 0.6 is 28.3 Å². The molecule has 3 nitrogen and oxygen atoms in total. The molecule has 1 heterocycles. The van der Waals surface area contributed by atoms with E-state index in [1.165, 1.54) is 35.7 Å². The lowest BCUT2D eigenvalue weighted by Crippen LogP contribution is -2.51. The Morgan fingerprint density at radius 2 is 1.87 bits per heavy atom. The zero-order valence-electron chi connectivity index (χ0n) is 13.6. The van der Waals surface area contributed by atoms with Crippen LogP contribution in [0.2, 0.25) is 0 Å². The third-order valence-corrected chi connectivity index (χ3v) is 5.62. The summed E-state index contributed by atoms with van der Waals surface area (Å²) in [5, 5.41) is 0. The summed E-state index contributed by atoms with van der Waals surface area (Å²) >= 11 is 3.62. The van der Waals surface area contributed by atoms with Crippen molar-refractivity contribution in [3.63, 3.8) is 0 Å². The van der Waals surface area contributed by atoms with Gasteiger partial charge >= 0.3 is 0 Å². The Kier molecular flexibility index (Phi) is 8.34. The molecule has 2 unspecified atom stereocenters. The summed E-state index contributed by atoms with van der Waals surface area (Å²) in [4.78, 5) is 2.59. The number of rotatable bonds is 5. The monoisotopic (exact) mass is 403 g/mol. The SMILES string of the molecule is Brc1ccccc1CCOC1CCCCC1N1CCOCC1.Cl. The first kappa shape index (κ1) is 19.2. The molecule has 1 aliphatic carbocycles. The Hall–Kier alpha value is -0.130. The maximum Gasteiger partial charge on any atom is 0.0730 e. The van der Waals surface area contributed by atoms with Gasteiger partial charge in [0.05, 0.1) is 25.9 Å². The zero-order valence-corrected chi connectivity index (χ0v) is 16.0. The van der Waals surface area contributed by atoms with E-state index >= 15 is 0 Å². The lowest BCUT2D eigenvalue weighted by atomic mass is 9.91. The number of benzene rings is 1. The van der Waals surface area contributed by atoms with Gasteiger partial charge in [0.25, 0.3) is 0 Å². The van der Waals surface area contributed by atoms with Gasteiger partial charge in [-0.3, -0.25) is 4.90 Å². The molecule has 2 atom stereocenters. The minimum Gasteiger partial charge on any atom is -0.379 e. The predicted molar refractivity (Wildman–Crippen MR) is 99.5 cm³/mol. The van der Waals surface area contributed by atoms with Gasteiger partial charge in [-0.1, -0.05) is 47.0 Å². The van der Waals surface area contributed by atoms with E-state index in [2.05, 4.69) is 45.1 Å². The lowest BCUT2D eigenvalue weighted by molar-refractivity contribution is -0.0647. The van der Waals surface area contributed by atoms with E-state index in [1.54, 1.807) is 0 Å². The average Bonchev–Trinajstić information content (AvgIpc) is 2.58. The lowest BCUT2D eigenvalue weighted by Gasteiger charge is -2.41. The summed E-state index contributed by atoms with van der Waals surface area (Å²) in [5.41, 5.74) is 1.33. The van der Waals surface area contributed by atoms with Crippen molar-refractivity contribution in [3.8, 4) is 0 Å². The van der Waals surface area contributed by atoms with Gasteiger partial charge in [-0.2, -0.15) is 0 Å². The number of hydrogen-bond donors (Lipinski definition) is 0. The van der Waals surface area contributed by atoms with Crippen molar-refractivity contribution < 1.29 is 9.47 Å². The van der Waals surface area contributed by atoms with Gasteiger partial charge in [-0.25, -0.2) is 0 Å². The molecule has 130 valence electrons. The van der Waals surface area contributed by atoms with Gasteiger partial charge in [0, 0.05) is 23.6 Å². The molecule has 2 aliphatic rings. The highest BCUT2D eigenvalue weighted by Crippen LogP contribution is 2.27.